The number of aliphatic hydroxyl groups excluding tert-OH is 1. The highest BCUT2D eigenvalue weighted by Gasteiger charge is 1.84. The van der Waals surface area contributed by atoms with Crippen molar-refractivity contribution < 1.29 is 5.11 Å². The predicted molar refractivity (Wildman–Crippen MR) is 26.2 cm³/mol. The van der Waals surface area contributed by atoms with E-state index in [1.807, 2.05) is 0 Å². The molecule has 35 valence electrons. The van der Waals surface area contributed by atoms with Gasteiger partial charge in [0, 0.05) is 0 Å². The summed E-state index contributed by atoms with van der Waals surface area (Å²) in [6.45, 7) is 6.71. The van der Waals surface area contributed by atoms with E-state index in [4.69, 9.17) is 5.11 Å². The number of hydrogen-bond acceptors (Lipinski definition) is 1. The molecule has 0 fully saturated rings. The molecule has 0 amide bonds. The molecule has 1 heteroatoms. The first-order chi connectivity index (χ1) is 2.77. The van der Waals surface area contributed by atoms with Crippen molar-refractivity contribution in [3.63, 3.8) is 0 Å². The molecule has 1 radical (unpaired) electrons. The van der Waals surface area contributed by atoms with Gasteiger partial charge in [0.2, 0.25) is 0 Å². The zero-order chi connectivity index (χ0) is 4.99. The minimum Gasteiger partial charge on any atom is -0.393 e. The lowest BCUT2D eigenvalue weighted by Gasteiger charge is -1.92. The van der Waals surface area contributed by atoms with Gasteiger partial charge < -0.3 is 5.11 Å². The fourth-order valence-corrected chi connectivity index (χ4v) is 0.192. The molecule has 6 heavy (non-hydrogen) atoms. The van der Waals surface area contributed by atoms with Crippen LogP contribution >= 0.6 is 0 Å². The Morgan fingerprint density at radius 3 is 2.33 bits per heavy atom. The second kappa shape index (κ2) is 2.91. The zero-order valence-electron chi connectivity index (χ0n) is 3.72. The lowest BCUT2D eigenvalue weighted by atomic mass is 10.3. The van der Waals surface area contributed by atoms with E-state index < -0.39 is 6.10 Å². The van der Waals surface area contributed by atoms with Crippen LogP contribution in [0.25, 0.3) is 0 Å². The Hall–Kier alpha value is -0.300. The van der Waals surface area contributed by atoms with E-state index in [0.717, 1.165) is 0 Å². The smallest absolute Gasteiger partial charge is 0.0575 e. The third-order valence-electron chi connectivity index (χ3n) is 0.439. The molecule has 0 heterocycles. The molecule has 0 aromatic rings. The Kier molecular flexibility index (Phi) is 2.77. The summed E-state index contributed by atoms with van der Waals surface area (Å²) < 4.78 is 0. The maximum atomic E-state index is 8.37. The van der Waals surface area contributed by atoms with Crippen LogP contribution in [0.2, 0.25) is 0 Å². The summed E-state index contributed by atoms with van der Waals surface area (Å²) in [5.74, 6) is 0. The minimum absolute atomic E-state index is 0.470. The van der Waals surface area contributed by atoms with E-state index >= 15 is 0 Å². The Labute approximate surface area is 38.3 Å². The summed E-state index contributed by atoms with van der Waals surface area (Å²) in [5, 5.41) is 8.37. The molecule has 1 N–H and O–H groups in total. The fourth-order valence-electron chi connectivity index (χ4n) is 0.192. The summed E-state index contributed by atoms with van der Waals surface area (Å²) >= 11 is 0. The van der Waals surface area contributed by atoms with Crippen molar-refractivity contribution in [1.82, 2.24) is 0 Å². The van der Waals surface area contributed by atoms with Crippen LogP contribution in [-0.4, -0.2) is 11.2 Å². The largest absolute Gasteiger partial charge is 0.393 e. The van der Waals surface area contributed by atoms with E-state index in [9.17, 15) is 0 Å². The monoisotopic (exact) mass is 85.1 g/mol. The topological polar surface area (TPSA) is 20.2 Å². The van der Waals surface area contributed by atoms with Gasteiger partial charge in [0.15, 0.2) is 0 Å². The van der Waals surface area contributed by atoms with Crippen LogP contribution in [-0.2, 0) is 0 Å². The number of hydrogen-bond donors (Lipinski definition) is 1. The average Bonchev–Trinajstić information content (AvgIpc) is 1.35. The second-order valence-corrected chi connectivity index (χ2v) is 1.18. The van der Waals surface area contributed by atoms with Gasteiger partial charge in [-0.25, -0.2) is 0 Å². The van der Waals surface area contributed by atoms with Crippen molar-refractivity contribution in [1.29, 1.82) is 0 Å². The lowest BCUT2D eigenvalue weighted by Crippen LogP contribution is -1.94. The van der Waals surface area contributed by atoms with Crippen LogP contribution in [0.15, 0.2) is 12.7 Å². The highest BCUT2D eigenvalue weighted by Crippen LogP contribution is 1.85. The lowest BCUT2D eigenvalue weighted by molar-refractivity contribution is 0.224. The first-order valence-electron chi connectivity index (χ1n) is 1.89. The summed E-state index contributed by atoms with van der Waals surface area (Å²) in [7, 11) is 0. The highest BCUT2D eigenvalue weighted by atomic mass is 16.3. The molecular formula is C5H9O. The molecule has 1 atom stereocenters. The minimum atomic E-state index is -0.470. The Bertz CT molecular complexity index is 39.2. The number of rotatable bonds is 2. The Balaban J connectivity index is 2.81. The molecule has 0 aromatic heterocycles. The molecule has 0 aliphatic heterocycles. The van der Waals surface area contributed by atoms with E-state index in [-0.39, 0.29) is 0 Å². The zero-order valence-corrected chi connectivity index (χ0v) is 3.72. The third-order valence-corrected chi connectivity index (χ3v) is 0.439. The molecule has 0 aromatic carbocycles. The van der Waals surface area contributed by atoms with Crippen LogP contribution in [0.4, 0.5) is 0 Å². The summed E-state index contributed by atoms with van der Waals surface area (Å²) in [6, 6.07) is 0. The molecule has 0 saturated carbocycles. The van der Waals surface area contributed by atoms with Gasteiger partial charge in [0.05, 0.1) is 6.10 Å². The third kappa shape index (κ3) is 3.70. The summed E-state index contributed by atoms with van der Waals surface area (Å²) in [4.78, 5) is 0. The molecule has 1 nitrogen and oxygen atoms in total. The van der Waals surface area contributed by atoms with Gasteiger partial charge in [-0.1, -0.05) is 6.08 Å². The van der Waals surface area contributed by atoms with Crippen LogP contribution in [0, 0.1) is 6.92 Å². The maximum Gasteiger partial charge on any atom is 0.0575 e. The maximum absolute atomic E-state index is 8.37. The van der Waals surface area contributed by atoms with Crippen LogP contribution in [0.5, 0.6) is 0 Å². The van der Waals surface area contributed by atoms with Crippen molar-refractivity contribution >= 4 is 0 Å². The van der Waals surface area contributed by atoms with Gasteiger partial charge >= 0.3 is 0 Å². The average molecular weight is 85.1 g/mol. The molecule has 0 rings (SSSR count). The molecule has 0 bridgehead atoms. The van der Waals surface area contributed by atoms with Crippen molar-refractivity contribution in [3.8, 4) is 0 Å². The van der Waals surface area contributed by atoms with Gasteiger partial charge in [-0.05, 0) is 13.3 Å². The van der Waals surface area contributed by atoms with Crippen molar-refractivity contribution in [2.24, 2.45) is 0 Å². The molecule has 0 spiro atoms. The van der Waals surface area contributed by atoms with Crippen LogP contribution in [0.1, 0.15) is 6.42 Å². The Morgan fingerprint density at radius 2 is 2.33 bits per heavy atom. The van der Waals surface area contributed by atoms with Crippen molar-refractivity contribution in [3.05, 3.63) is 19.6 Å². The van der Waals surface area contributed by atoms with E-state index in [2.05, 4.69) is 13.5 Å². The molecule has 0 saturated heterocycles. The molecule has 0 aliphatic carbocycles. The molecule has 0 aliphatic rings. The van der Waals surface area contributed by atoms with Crippen molar-refractivity contribution in [2.75, 3.05) is 0 Å². The van der Waals surface area contributed by atoms with E-state index in [1.165, 1.54) is 0 Å². The van der Waals surface area contributed by atoms with Crippen LogP contribution in [0.3, 0.4) is 0 Å². The van der Waals surface area contributed by atoms with Gasteiger partial charge in [-0.2, -0.15) is 0 Å². The molecular weight excluding hydrogens is 76.1 g/mol. The quantitative estimate of drug-likeness (QED) is 0.491. The first kappa shape index (κ1) is 5.70. The van der Waals surface area contributed by atoms with E-state index in [1.54, 1.807) is 6.08 Å². The predicted octanol–water partition coefficient (Wildman–Crippen LogP) is 0.757. The number of aliphatic hydroxyl groups is 1. The van der Waals surface area contributed by atoms with Gasteiger partial charge in [0.1, 0.15) is 0 Å². The highest BCUT2D eigenvalue weighted by molar-refractivity contribution is 4.72. The van der Waals surface area contributed by atoms with Crippen molar-refractivity contribution in [2.45, 2.75) is 12.5 Å². The normalized spacial score (nSPS) is 13.7. The first-order valence-corrected chi connectivity index (χ1v) is 1.89. The SMILES string of the molecule is [CH2]C(O)CC=C. The standard InChI is InChI=1S/C5H9O/c1-3-4-5(2)6/h3,5-6H,1-2,4H2. The fraction of sp³-hybridized carbons (Fsp3) is 0.400. The van der Waals surface area contributed by atoms with Gasteiger partial charge in [0.25, 0.3) is 0 Å². The van der Waals surface area contributed by atoms with Gasteiger partial charge in [-0.15, -0.1) is 6.58 Å². The summed E-state index contributed by atoms with van der Waals surface area (Å²) in [5.41, 5.74) is 0. The van der Waals surface area contributed by atoms with Crippen LogP contribution < -0.4 is 0 Å². The van der Waals surface area contributed by atoms with E-state index in [0.29, 0.717) is 6.42 Å². The summed E-state index contributed by atoms with van der Waals surface area (Å²) in [6.07, 6.45) is 1.75. The second-order valence-electron chi connectivity index (χ2n) is 1.18. The Morgan fingerprint density at radius 1 is 1.83 bits per heavy atom. The van der Waals surface area contributed by atoms with Gasteiger partial charge in [-0.3, -0.25) is 0 Å². The molecule has 1 unspecified atom stereocenters.